The van der Waals surface area contributed by atoms with Crippen molar-refractivity contribution in [3.63, 3.8) is 0 Å². The van der Waals surface area contributed by atoms with Crippen LogP contribution in [0.4, 0.5) is 0 Å². The first-order chi connectivity index (χ1) is 5.98. The Labute approximate surface area is 106 Å². The fourth-order valence-corrected chi connectivity index (χ4v) is 1.49. The van der Waals surface area contributed by atoms with Crippen LogP contribution in [-0.2, 0) is 19.1 Å². The van der Waals surface area contributed by atoms with Crippen LogP contribution in [-0.4, -0.2) is 43.6 Å². The van der Waals surface area contributed by atoms with E-state index in [1.54, 1.807) is 0 Å². The number of aliphatic carboxylic acids is 1. The molecule has 8 heteroatoms. The van der Waals surface area contributed by atoms with E-state index >= 15 is 0 Å². The predicted molar refractivity (Wildman–Crippen MR) is 44.8 cm³/mol. The average molecular weight is 236 g/mol. The molecule has 80 valence electrons. The molecule has 0 saturated carbocycles. The topological polar surface area (TPSA) is 101 Å². The third kappa shape index (κ3) is 10.4. The van der Waals surface area contributed by atoms with E-state index in [0.29, 0.717) is 0 Å². The second-order valence-electron chi connectivity index (χ2n) is 2.30. The molecule has 0 rings (SSSR count). The summed E-state index contributed by atoms with van der Waals surface area (Å²) >= 11 is 0. The minimum Gasteiger partial charge on any atom is -1.00 e. The molecule has 0 saturated heterocycles. The summed E-state index contributed by atoms with van der Waals surface area (Å²) in [6.45, 7) is -0.593. The average Bonchev–Trinajstić information content (AvgIpc) is 2.00. The molecule has 0 unspecified atom stereocenters. The minimum atomic E-state index is -3.66. The zero-order valence-corrected chi connectivity index (χ0v) is 10.8. The number of rotatable bonds is 7. The van der Waals surface area contributed by atoms with Gasteiger partial charge in [0.25, 0.3) is 10.1 Å². The van der Waals surface area contributed by atoms with Gasteiger partial charge in [0.1, 0.15) is 0 Å². The molecule has 6 nitrogen and oxygen atoms in total. The van der Waals surface area contributed by atoms with Crippen LogP contribution in [0, 0.1) is 0 Å². The van der Waals surface area contributed by atoms with Gasteiger partial charge < -0.3 is 11.6 Å². The Hall–Kier alpha value is 0.340. The van der Waals surface area contributed by atoms with Crippen LogP contribution in [0.1, 0.15) is 14.3 Å². The van der Waals surface area contributed by atoms with E-state index < -0.39 is 16.1 Å². The third-order valence-electron chi connectivity index (χ3n) is 1.13. The predicted octanol–water partition coefficient (Wildman–Crippen LogP) is -3.69. The van der Waals surface area contributed by atoms with Gasteiger partial charge in [0, 0.05) is 6.61 Å². The summed E-state index contributed by atoms with van der Waals surface area (Å²) < 4.78 is 26.0. The molecule has 0 aromatic rings. The van der Waals surface area contributed by atoms with Crippen LogP contribution in [0.2, 0.25) is 0 Å². The molecule has 0 aliphatic heterocycles. The fraction of sp³-hybridized carbons (Fsp3) is 0.833. The molecule has 0 spiro atoms. The number of carboxylic acid groups (broad SMARTS) is 1. The second-order valence-corrected chi connectivity index (χ2v) is 4.06. The molecule has 0 aliphatic rings. The molecule has 0 amide bonds. The molecular formula is C6H13NaO6S. The van der Waals surface area contributed by atoms with Crippen molar-refractivity contribution in [1.82, 2.24) is 0 Å². The van der Waals surface area contributed by atoms with E-state index in [9.17, 15) is 13.2 Å². The van der Waals surface area contributed by atoms with Gasteiger partial charge in [-0.25, -0.2) is 0 Å². The van der Waals surface area contributed by atoms with Gasteiger partial charge in [0.05, 0.1) is 18.8 Å². The van der Waals surface area contributed by atoms with Gasteiger partial charge in [0.2, 0.25) is 0 Å². The van der Waals surface area contributed by atoms with E-state index in [4.69, 9.17) is 10.2 Å². The second kappa shape index (κ2) is 8.63. The van der Waals surface area contributed by atoms with Crippen LogP contribution < -0.4 is 29.6 Å². The Morgan fingerprint density at radius 1 is 1.43 bits per heavy atom. The molecule has 0 bridgehead atoms. The van der Waals surface area contributed by atoms with Crippen molar-refractivity contribution < 1.29 is 58.6 Å². The number of hydrogen-bond donors (Lipinski definition) is 2. The first-order valence-corrected chi connectivity index (χ1v) is 5.25. The van der Waals surface area contributed by atoms with E-state index in [-0.39, 0.29) is 62.8 Å². The van der Waals surface area contributed by atoms with E-state index in [0.717, 1.165) is 0 Å². The van der Waals surface area contributed by atoms with Gasteiger partial charge >= 0.3 is 35.5 Å². The summed E-state index contributed by atoms with van der Waals surface area (Å²) in [7, 11) is -3.66. The maximum absolute atomic E-state index is 10.8. The standard InChI is InChI=1S/C6H12O6S.Na.H/c7-3-1-5-13(10,11)12-4-2-6(8)9;;/h7H,1-5H2,(H,8,9);;/q;+1;-1. The van der Waals surface area contributed by atoms with Gasteiger partial charge in [-0.05, 0) is 6.42 Å². The quantitative estimate of drug-likeness (QED) is 0.348. The van der Waals surface area contributed by atoms with Gasteiger partial charge in [0.15, 0.2) is 0 Å². The number of aliphatic hydroxyl groups excluding tert-OH is 1. The summed E-state index contributed by atoms with van der Waals surface area (Å²) in [5.41, 5.74) is 0. The monoisotopic (exact) mass is 236 g/mol. The molecule has 0 aromatic heterocycles. The van der Waals surface area contributed by atoms with Gasteiger partial charge in [-0.3, -0.25) is 8.98 Å². The Kier molecular flexibility index (Phi) is 10.3. The Bertz CT molecular complexity index is 254. The molecule has 0 fully saturated rings. The SMILES string of the molecule is O=C(O)CCOS(=O)(=O)CCCO.[H-].[Na+]. The van der Waals surface area contributed by atoms with Gasteiger partial charge in [-0.2, -0.15) is 8.42 Å². The van der Waals surface area contributed by atoms with Crippen LogP contribution in [0.15, 0.2) is 0 Å². The van der Waals surface area contributed by atoms with Crippen molar-refractivity contribution >= 4 is 16.1 Å². The van der Waals surface area contributed by atoms with Crippen LogP contribution >= 0.6 is 0 Å². The molecule has 0 radical (unpaired) electrons. The van der Waals surface area contributed by atoms with Gasteiger partial charge in [-0.15, -0.1) is 0 Å². The fourth-order valence-electron chi connectivity index (χ4n) is 0.556. The Balaban J connectivity index is -0.000000720. The summed E-state index contributed by atoms with van der Waals surface area (Å²) in [6, 6.07) is 0. The normalized spacial score (nSPS) is 10.6. The van der Waals surface area contributed by atoms with E-state index in [2.05, 4.69) is 4.18 Å². The van der Waals surface area contributed by atoms with E-state index in [1.165, 1.54) is 0 Å². The molecule has 2 N–H and O–H groups in total. The Morgan fingerprint density at radius 2 is 2.00 bits per heavy atom. The maximum atomic E-state index is 10.8. The van der Waals surface area contributed by atoms with Crippen LogP contribution in [0.25, 0.3) is 0 Å². The summed E-state index contributed by atoms with van der Waals surface area (Å²) in [6.07, 6.45) is -0.256. The smallest absolute Gasteiger partial charge is 1.00 e. The third-order valence-corrected chi connectivity index (χ3v) is 2.45. The largest absolute Gasteiger partial charge is 1.00 e. The molecule has 14 heavy (non-hydrogen) atoms. The molecule has 0 aliphatic carbocycles. The number of carboxylic acids is 1. The maximum Gasteiger partial charge on any atom is 1.00 e. The number of hydrogen-bond acceptors (Lipinski definition) is 5. The van der Waals surface area contributed by atoms with E-state index in [1.807, 2.05) is 0 Å². The molecular weight excluding hydrogens is 223 g/mol. The summed E-state index contributed by atoms with van der Waals surface area (Å²) in [4.78, 5) is 9.98. The van der Waals surface area contributed by atoms with Crippen LogP contribution in [0.5, 0.6) is 0 Å². The van der Waals surface area contributed by atoms with Crippen molar-refractivity contribution in [2.24, 2.45) is 0 Å². The zero-order chi connectivity index (χ0) is 10.3. The molecule has 0 atom stereocenters. The van der Waals surface area contributed by atoms with Crippen molar-refractivity contribution in [1.29, 1.82) is 0 Å². The van der Waals surface area contributed by atoms with Gasteiger partial charge in [-0.1, -0.05) is 0 Å². The first kappa shape index (κ1) is 16.8. The van der Waals surface area contributed by atoms with Crippen molar-refractivity contribution in [3.8, 4) is 0 Å². The Morgan fingerprint density at radius 3 is 2.43 bits per heavy atom. The summed E-state index contributed by atoms with van der Waals surface area (Å²) in [5.74, 6) is -1.40. The van der Waals surface area contributed by atoms with Crippen molar-refractivity contribution in [2.45, 2.75) is 12.8 Å². The first-order valence-electron chi connectivity index (χ1n) is 3.67. The zero-order valence-electron chi connectivity index (χ0n) is 8.97. The van der Waals surface area contributed by atoms with Crippen LogP contribution in [0.3, 0.4) is 0 Å². The van der Waals surface area contributed by atoms with Crippen molar-refractivity contribution in [2.75, 3.05) is 19.0 Å². The van der Waals surface area contributed by atoms with Crippen molar-refractivity contribution in [3.05, 3.63) is 0 Å². The minimum absolute atomic E-state index is 0. The number of aliphatic hydroxyl groups is 1. The molecule has 0 heterocycles. The number of carbonyl (C=O) groups is 1. The summed E-state index contributed by atoms with van der Waals surface area (Å²) in [5, 5.41) is 16.5. The molecule has 0 aromatic carbocycles.